The summed E-state index contributed by atoms with van der Waals surface area (Å²) in [4.78, 5) is 14.4. The van der Waals surface area contributed by atoms with Crippen LogP contribution in [-0.2, 0) is 0 Å². The van der Waals surface area contributed by atoms with Gasteiger partial charge in [0.05, 0.1) is 11.3 Å². The molecule has 118 valence electrons. The van der Waals surface area contributed by atoms with Gasteiger partial charge in [-0.3, -0.25) is 4.79 Å². The van der Waals surface area contributed by atoms with Gasteiger partial charge in [0.15, 0.2) is 0 Å². The van der Waals surface area contributed by atoms with Crippen LogP contribution in [0.3, 0.4) is 0 Å². The molecule has 1 aliphatic rings. The van der Waals surface area contributed by atoms with Crippen LogP contribution >= 0.6 is 0 Å². The normalized spacial score (nSPS) is 16.2. The van der Waals surface area contributed by atoms with Crippen molar-refractivity contribution in [2.24, 2.45) is 0 Å². The number of amides is 1. The maximum absolute atomic E-state index is 12.6. The quantitative estimate of drug-likeness (QED) is 0.922. The molecular weight excluding hydrogens is 282 g/mol. The number of hydrogen-bond donors (Lipinski definition) is 1. The van der Waals surface area contributed by atoms with Crippen LogP contribution in [0.25, 0.3) is 0 Å². The van der Waals surface area contributed by atoms with Crippen LogP contribution in [0.5, 0.6) is 0 Å². The van der Waals surface area contributed by atoms with Crippen molar-refractivity contribution in [2.45, 2.75) is 39.5 Å². The van der Waals surface area contributed by atoms with Gasteiger partial charge in [-0.25, -0.2) is 0 Å². The van der Waals surface area contributed by atoms with Crippen LogP contribution in [0.4, 0.5) is 5.88 Å². The first-order valence-corrected chi connectivity index (χ1v) is 7.55. The van der Waals surface area contributed by atoms with Crippen LogP contribution in [0.1, 0.15) is 51.9 Å². The molecule has 1 saturated heterocycles. The third kappa shape index (κ3) is 2.49. The van der Waals surface area contributed by atoms with E-state index in [1.54, 1.807) is 0 Å². The highest BCUT2D eigenvalue weighted by Crippen LogP contribution is 2.32. The number of carbonyl (C=O) groups is 1. The average molecular weight is 303 g/mol. The summed E-state index contributed by atoms with van der Waals surface area (Å²) in [5.74, 6) is 2.19. The van der Waals surface area contributed by atoms with Crippen molar-refractivity contribution in [3.63, 3.8) is 0 Å². The summed E-state index contributed by atoms with van der Waals surface area (Å²) in [5, 5.41) is 4.07. The van der Waals surface area contributed by atoms with Crippen molar-refractivity contribution in [3.8, 4) is 0 Å². The number of carbonyl (C=O) groups excluding carboxylic acids is 1. The molecule has 1 aliphatic heterocycles. The van der Waals surface area contributed by atoms with E-state index < -0.39 is 0 Å². The lowest BCUT2D eigenvalue weighted by molar-refractivity contribution is 0.0709. The third-order valence-electron chi connectivity index (χ3n) is 4.44. The number of nitrogens with two attached hydrogens (primary N) is 1. The summed E-state index contributed by atoms with van der Waals surface area (Å²) in [7, 11) is 0. The van der Waals surface area contributed by atoms with Gasteiger partial charge in [-0.2, -0.15) is 0 Å². The first-order valence-electron chi connectivity index (χ1n) is 7.55. The number of hydrogen-bond acceptors (Lipinski definition) is 5. The van der Waals surface area contributed by atoms with Gasteiger partial charge < -0.3 is 19.6 Å². The number of piperidine rings is 1. The van der Waals surface area contributed by atoms with E-state index in [1.807, 2.05) is 31.7 Å². The highest BCUT2D eigenvalue weighted by molar-refractivity contribution is 5.95. The molecule has 1 amide bonds. The van der Waals surface area contributed by atoms with E-state index >= 15 is 0 Å². The van der Waals surface area contributed by atoms with E-state index in [9.17, 15) is 4.79 Å². The van der Waals surface area contributed by atoms with Crippen LogP contribution in [0.15, 0.2) is 15.0 Å². The Morgan fingerprint density at radius 3 is 2.50 bits per heavy atom. The van der Waals surface area contributed by atoms with E-state index in [4.69, 9.17) is 14.7 Å². The van der Waals surface area contributed by atoms with Gasteiger partial charge >= 0.3 is 0 Å². The largest absolute Gasteiger partial charge is 0.466 e. The minimum Gasteiger partial charge on any atom is -0.466 e. The average Bonchev–Trinajstić information content (AvgIpc) is 3.01. The molecule has 0 radical (unpaired) electrons. The second-order valence-corrected chi connectivity index (χ2v) is 5.95. The molecule has 2 N–H and O–H groups in total. The highest BCUT2D eigenvalue weighted by Gasteiger charge is 2.29. The number of anilines is 1. The Hall–Kier alpha value is -2.24. The van der Waals surface area contributed by atoms with Gasteiger partial charge in [-0.05, 0) is 39.7 Å². The van der Waals surface area contributed by atoms with Crippen LogP contribution in [0.2, 0.25) is 0 Å². The molecular formula is C16H21N3O3. The predicted octanol–water partition coefficient (Wildman–Crippen LogP) is 2.79. The van der Waals surface area contributed by atoms with Crippen LogP contribution in [0, 0.1) is 20.8 Å². The molecule has 0 saturated carbocycles. The van der Waals surface area contributed by atoms with E-state index in [-0.39, 0.29) is 5.91 Å². The Morgan fingerprint density at radius 2 is 2.00 bits per heavy atom. The predicted molar refractivity (Wildman–Crippen MR) is 81.7 cm³/mol. The molecule has 2 aromatic rings. The number of likely N-dealkylation sites (tertiary alicyclic amines) is 1. The van der Waals surface area contributed by atoms with Crippen molar-refractivity contribution in [1.82, 2.24) is 10.1 Å². The highest BCUT2D eigenvalue weighted by atomic mass is 16.5. The van der Waals surface area contributed by atoms with E-state index in [1.165, 1.54) is 0 Å². The van der Waals surface area contributed by atoms with Gasteiger partial charge in [0.2, 0.25) is 5.88 Å². The zero-order valence-electron chi connectivity index (χ0n) is 13.2. The topological polar surface area (TPSA) is 85.5 Å². The van der Waals surface area contributed by atoms with E-state index in [2.05, 4.69) is 5.16 Å². The molecule has 3 heterocycles. The Balaban J connectivity index is 1.68. The molecule has 3 rings (SSSR count). The molecule has 0 aromatic carbocycles. The minimum atomic E-state index is 0.0455. The SMILES string of the molecule is Cc1cc(C(=O)N2CCC(c3noc(N)c3C)CC2)c(C)o1. The zero-order valence-corrected chi connectivity index (χ0v) is 13.2. The van der Waals surface area contributed by atoms with Crippen molar-refractivity contribution in [2.75, 3.05) is 18.8 Å². The second kappa shape index (κ2) is 5.51. The summed E-state index contributed by atoms with van der Waals surface area (Å²) < 4.78 is 10.5. The fourth-order valence-corrected chi connectivity index (χ4v) is 3.11. The molecule has 0 spiro atoms. The lowest BCUT2D eigenvalue weighted by Gasteiger charge is -2.31. The van der Waals surface area contributed by atoms with Gasteiger partial charge in [-0.15, -0.1) is 0 Å². The first-order chi connectivity index (χ1) is 10.5. The lowest BCUT2D eigenvalue weighted by Crippen LogP contribution is -2.38. The number of rotatable bonds is 2. The zero-order chi connectivity index (χ0) is 15.9. The Labute approximate surface area is 129 Å². The Kier molecular flexibility index (Phi) is 3.68. The first kappa shape index (κ1) is 14.7. The summed E-state index contributed by atoms with van der Waals surface area (Å²) in [5.41, 5.74) is 8.23. The molecule has 0 bridgehead atoms. The molecule has 2 aromatic heterocycles. The summed E-state index contributed by atoms with van der Waals surface area (Å²) >= 11 is 0. The Morgan fingerprint density at radius 1 is 1.32 bits per heavy atom. The number of nitrogen functional groups attached to an aromatic ring is 1. The van der Waals surface area contributed by atoms with Crippen molar-refractivity contribution >= 4 is 11.8 Å². The number of nitrogens with zero attached hydrogens (tertiary/aromatic N) is 2. The Bertz CT molecular complexity index is 694. The second-order valence-electron chi connectivity index (χ2n) is 5.95. The molecule has 0 atom stereocenters. The van der Waals surface area contributed by atoms with Gasteiger partial charge in [0.25, 0.3) is 5.91 Å². The maximum Gasteiger partial charge on any atom is 0.257 e. The third-order valence-corrected chi connectivity index (χ3v) is 4.44. The van der Waals surface area contributed by atoms with Crippen molar-refractivity contribution < 1.29 is 13.7 Å². The van der Waals surface area contributed by atoms with E-state index in [0.29, 0.717) is 36.2 Å². The minimum absolute atomic E-state index is 0.0455. The summed E-state index contributed by atoms with van der Waals surface area (Å²) in [6.07, 6.45) is 1.74. The molecule has 0 aliphatic carbocycles. The molecule has 0 unspecified atom stereocenters. The smallest absolute Gasteiger partial charge is 0.257 e. The monoisotopic (exact) mass is 303 g/mol. The molecule has 6 nitrogen and oxygen atoms in total. The van der Waals surface area contributed by atoms with Crippen molar-refractivity contribution in [1.29, 1.82) is 0 Å². The lowest BCUT2D eigenvalue weighted by atomic mass is 9.91. The van der Waals surface area contributed by atoms with Gasteiger partial charge in [-0.1, -0.05) is 5.16 Å². The van der Waals surface area contributed by atoms with Crippen molar-refractivity contribution in [3.05, 3.63) is 34.4 Å². The maximum atomic E-state index is 12.6. The van der Waals surface area contributed by atoms with Crippen LogP contribution in [-0.4, -0.2) is 29.1 Å². The summed E-state index contributed by atoms with van der Waals surface area (Å²) in [6.45, 7) is 7.03. The van der Waals surface area contributed by atoms with E-state index in [0.717, 1.165) is 29.9 Å². The molecule has 22 heavy (non-hydrogen) atoms. The standard InChI is InChI=1S/C16H21N3O3/c1-9-8-13(11(3)21-9)16(20)19-6-4-12(5-7-19)14-10(2)15(17)22-18-14/h8,12H,4-7,17H2,1-3H3. The fourth-order valence-electron chi connectivity index (χ4n) is 3.11. The number of aromatic nitrogens is 1. The van der Waals surface area contributed by atoms with Gasteiger partial charge in [0.1, 0.15) is 11.5 Å². The van der Waals surface area contributed by atoms with Gasteiger partial charge in [0, 0.05) is 24.6 Å². The van der Waals surface area contributed by atoms with Crippen LogP contribution < -0.4 is 5.73 Å². The molecule has 6 heteroatoms. The fraction of sp³-hybridized carbons (Fsp3) is 0.500. The number of furan rings is 1. The molecule has 1 fully saturated rings. The summed E-state index contributed by atoms with van der Waals surface area (Å²) in [6, 6.07) is 1.81. The number of aryl methyl sites for hydroxylation is 2.